The van der Waals surface area contributed by atoms with Crippen molar-refractivity contribution in [2.45, 2.75) is 37.2 Å². The molecule has 1 unspecified atom stereocenters. The van der Waals surface area contributed by atoms with E-state index in [1.165, 1.54) is 43.2 Å². The molecule has 1 amide bonds. The number of methoxy groups -OCH3 is 1. The van der Waals surface area contributed by atoms with E-state index >= 15 is 0 Å². The van der Waals surface area contributed by atoms with Crippen molar-refractivity contribution in [2.75, 3.05) is 31.8 Å². The van der Waals surface area contributed by atoms with E-state index in [4.69, 9.17) is 9.47 Å². The number of amides is 1. The van der Waals surface area contributed by atoms with Crippen LogP contribution in [0, 0.1) is 0 Å². The van der Waals surface area contributed by atoms with Crippen molar-refractivity contribution in [3.8, 4) is 5.75 Å². The summed E-state index contributed by atoms with van der Waals surface area (Å²) < 4.78 is 60.1. The molecular weight excluding hydrogens is 436 g/mol. The maximum Gasteiger partial charge on any atom is 0.324 e. The van der Waals surface area contributed by atoms with Crippen LogP contribution in [0.3, 0.4) is 0 Å². The van der Waals surface area contributed by atoms with Crippen molar-refractivity contribution in [1.82, 2.24) is 9.62 Å². The first-order valence-corrected chi connectivity index (χ1v) is 12.6. The van der Waals surface area contributed by atoms with Gasteiger partial charge in [-0.25, -0.2) is 16.8 Å². The summed E-state index contributed by atoms with van der Waals surface area (Å²) in [5, 5.41) is 0. The largest absolute Gasteiger partial charge is 0.497 e. The third kappa shape index (κ3) is 6.16. The van der Waals surface area contributed by atoms with Crippen molar-refractivity contribution in [2.24, 2.45) is 0 Å². The molecule has 0 aliphatic carbocycles. The van der Waals surface area contributed by atoms with Gasteiger partial charge in [0.05, 0.1) is 23.5 Å². The molecular formula is C18H26N2O8S2. The average molecular weight is 463 g/mol. The van der Waals surface area contributed by atoms with Crippen LogP contribution in [0.1, 0.15) is 20.3 Å². The van der Waals surface area contributed by atoms with E-state index in [1.807, 2.05) is 0 Å². The quantitative estimate of drug-likeness (QED) is 0.504. The van der Waals surface area contributed by atoms with Gasteiger partial charge < -0.3 is 14.4 Å². The smallest absolute Gasteiger partial charge is 0.324 e. The molecule has 0 spiro atoms. The molecule has 0 aromatic heterocycles. The Kier molecular flexibility index (Phi) is 7.83. The fourth-order valence-electron chi connectivity index (χ4n) is 3.10. The van der Waals surface area contributed by atoms with Crippen LogP contribution in [0.25, 0.3) is 0 Å². The van der Waals surface area contributed by atoms with Crippen LogP contribution in [0.2, 0.25) is 0 Å². The Balaban J connectivity index is 1.92. The Morgan fingerprint density at radius 2 is 1.90 bits per heavy atom. The second-order valence-corrected chi connectivity index (χ2v) is 10.8. The summed E-state index contributed by atoms with van der Waals surface area (Å²) in [5.41, 5.74) is 0. The van der Waals surface area contributed by atoms with Crippen molar-refractivity contribution in [3.05, 3.63) is 24.3 Å². The average Bonchev–Trinajstić information content (AvgIpc) is 3.05. The number of sulfonamides is 1. The highest BCUT2D eigenvalue weighted by atomic mass is 32.2. The maximum atomic E-state index is 12.4. The Hall–Kier alpha value is -2.18. The number of carbonyl (C=O) groups excluding carboxylic acids is 2. The highest BCUT2D eigenvalue weighted by Gasteiger charge is 2.34. The summed E-state index contributed by atoms with van der Waals surface area (Å²) in [6.45, 7) is 2.68. The van der Waals surface area contributed by atoms with Crippen LogP contribution in [0.4, 0.5) is 0 Å². The summed E-state index contributed by atoms with van der Waals surface area (Å²) in [6.07, 6.45) is 0.341. The first-order valence-electron chi connectivity index (χ1n) is 9.32. The lowest BCUT2D eigenvalue weighted by Crippen LogP contribution is -2.45. The van der Waals surface area contributed by atoms with Crippen molar-refractivity contribution in [3.63, 3.8) is 0 Å². The number of likely N-dealkylation sites (N-methyl/N-ethyl adjacent to an activating group) is 1. The van der Waals surface area contributed by atoms with E-state index in [-0.39, 0.29) is 22.9 Å². The highest BCUT2D eigenvalue weighted by Crippen LogP contribution is 2.18. The maximum absolute atomic E-state index is 12.4. The van der Waals surface area contributed by atoms with E-state index < -0.39 is 50.4 Å². The van der Waals surface area contributed by atoms with Crippen LogP contribution in [-0.4, -0.2) is 77.5 Å². The predicted molar refractivity (Wildman–Crippen MR) is 108 cm³/mol. The minimum atomic E-state index is -3.98. The predicted octanol–water partition coefficient (Wildman–Crippen LogP) is -0.0592. The van der Waals surface area contributed by atoms with Gasteiger partial charge in [0.1, 0.15) is 11.8 Å². The van der Waals surface area contributed by atoms with Crippen LogP contribution < -0.4 is 9.46 Å². The number of sulfone groups is 1. The lowest BCUT2D eigenvalue weighted by molar-refractivity contribution is -0.153. The molecule has 1 heterocycles. The van der Waals surface area contributed by atoms with Crippen LogP contribution >= 0.6 is 0 Å². The summed E-state index contributed by atoms with van der Waals surface area (Å²) in [6, 6.07) is 3.93. The Labute approximate surface area is 176 Å². The van der Waals surface area contributed by atoms with Crippen LogP contribution in [-0.2, 0) is 34.2 Å². The topological polar surface area (TPSA) is 136 Å². The molecule has 0 bridgehead atoms. The van der Waals surface area contributed by atoms with E-state index in [0.29, 0.717) is 12.2 Å². The zero-order valence-electron chi connectivity index (χ0n) is 17.0. The first-order chi connectivity index (χ1) is 14.0. The van der Waals surface area contributed by atoms with Crippen LogP contribution in [0.5, 0.6) is 5.75 Å². The number of hydrogen-bond donors (Lipinski definition) is 1. The molecule has 2 rings (SSSR count). The van der Waals surface area contributed by atoms with E-state index in [1.54, 1.807) is 6.92 Å². The first kappa shape index (κ1) is 24.1. The number of rotatable bonds is 9. The third-order valence-electron chi connectivity index (χ3n) is 4.70. The van der Waals surface area contributed by atoms with Gasteiger partial charge in [-0.3, -0.25) is 9.59 Å². The normalized spacial score (nSPS) is 19.1. The van der Waals surface area contributed by atoms with Gasteiger partial charge in [0.2, 0.25) is 10.0 Å². The number of esters is 1. The van der Waals surface area contributed by atoms with Gasteiger partial charge >= 0.3 is 5.97 Å². The van der Waals surface area contributed by atoms with Gasteiger partial charge in [0.15, 0.2) is 16.4 Å². The van der Waals surface area contributed by atoms with Gasteiger partial charge in [0.25, 0.3) is 5.91 Å². The van der Waals surface area contributed by atoms with E-state index in [2.05, 4.69) is 4.72 Å². The zero-order chi connectivity index (χ0) is 22.5. The van der Waals surface area contributed by atoms with Crippen molar-refractivity contribution < 1.29 is 35.9 Å². The van der Waals surface area contributed by atoms with Crippen molar-refractivity contribution in [1.29, 1.82) is 0 Å². The number of hydrogen-bond acceptors (Lipinski definition) is 8. The number of nitrogens with one attached hydrogen (secondary N) is 1. The third-order valence-corrected chi connectivity index (χ3v) is 8.01. The lowest BCUT2D eigenvalue weighted by atomic mass is 10.2. The molecule has 1 aliphatic rings. The summed E-state index contributed by atoms with van der Waals surface area (Å²) in [4.78, 5) is 25.8. The number of benzene rings is 1. The van der Waals surface area contributed by atoms with Gasteiger partial charge in [-0.05, 0) is 44.5 Å². The monoisotopic (exact) mass is 462 g/mol. The van der Waals surface area contributed by atoms with Crippen molar-refractivity contribution >= 4 is 31.7 Å². The minimum absolute atomic E-state index is 0.0193. The van der Waals surface area contributed by atoms with E-state index in [0.717, 1.165) is 0 Å². The number of ether oxygens (including phenoxy) is 2. The molecule has 12 heteroatoms. The fraction of sp³-hybridized carbons (Fsp3) is 0.556. The van der Waals surface area contributed by atoms with Gasteiger partial charge in [-0.15, -0.1) is 0 Å². The molecule has 1 aliphatic heterocycles. The molecule has 1 fully saturated rings. The zero-order valence-corrected chi connectivity index (χ0v) is 18.7. The Bertz CT molecular complexity index is 974. The minimum Gasteiger partial charge on any atom is -0.497 e. The lowest BCUT2D eigenvalue weighted by Gasteiger charge is -2.26. The summed E-state index contributed by atoms with van der Waals surface area (Å²) in [5.74, 6) is -1.06. The molecule has 1 N–H and O–H groups in total. The second-order valence-electron chi connectivity index (χ2n) is 6.86. The second kappa shape index (κ2) is 9.75. The number of nitrogens with zero attached hydrogens (tertiary/aromatic N) is 1. The SMILES string of the molecule is CCN(C(=O)COC(=O)[C@H](C)NS(=O)(=O)c1ccc(OC)cc1)C1CCS(=O)(=O)C1. The Morgan fingerprint density at radius 3 is 2.40 bits per heavy atom. The number of carbonyl (C=O) groups is 2. The Morgan fingerprint density at radius 1 is 1.27 bits per heavy atom. The molecule has 30 heavy (non-hydrogen) atoms. The molecule has 1 saturated heterocycles. The van der Waals surface area contributed by atoms with Gasteiger partial charge in [0, 0.05) is 12.6 Å². The highest BCUT2D eigenvalue weighted by molar-refractivity contribution is 7.91. The summed E-state index contributed by atoms with van der Waals surface area (Å²) >= 11 is 0. The summed E-state index contributed by atoms with van der Waals surface area (Å²) in [7, 11) is -5.70. The van der Waals surface area contributed by atoms with Crippen LogP contribution in [0.15, 0.2) is 29.2 Å². The molecule has 10 nitrogen and oxygen atoms in total. The fourth-order valence-corrected chi connectivity index (χ4v) is 6.03. The molecule has 1 aromatic rings. The van der Waals surface area contributed by atoms with Gasteiger partial charge in [-0.1, -0.05) is 0 Å². The molecule has 1 aromatic carbocycles. The molecule has 0 saturated carbocycles. The van der Waals surface area contributed by atoms with Gasteiger partial charge in [-0.2, -0.15) is 4.72 Å². The molecule has 0 radical (unpaired) electrons. The van der Waals surface area contributed by atoms with E-state index in [9.17, 15) is 26.4 Å². The molecule has 2 atom stereocenters. The standard InChI is InChI=1S/C18H26N2O8S2/c1-4-20(14-9-10-29(23,24)12-14)17(21)11-28-18(22)13(2)19-30(25,26)16-7-5-15(27-3)6-8-16/h5-8,13-14,19H,4,9-12H2,1-3H3/t13-,14?/m0/s1. The molecule has 168 valence electrons.